The van der Waals surface area contributed by atoms with Crippen LogP contribution in [-0.4, -0.2) is 25.7 Å². The maximum absolute atomic E-state index is 12.8. The van der Waals surface area contributed by atoms with Crippen LogP contribution < -0.4 is 10.9 Å². The van der Waals surface area contributed by atoms with E-state index in [9.17, 15) is 9.59 Å². The normalized spacial score (nSPS) is 12.2. The smallest absolute Gasteiger partial charge is 0.267 e. The van der Waals surface area contributed by atoms with E-state index < -0.39 is 0 Å². The standard InChI is InChI=1S/C23H23N5O2/c1-15(2)22(23-24-18-10-6-7-11-19(18)25-23)26-20(29)14-28-21(30)13-12-17(27-28)16-8-4-3-5-9-16/h3-13,15,22H,14H2,1-2H3,(H,24,25)(H,26,29)/t22-/m0/s1. The van der Waals surface area contributed by atoms with Gasteiger partial charge in [0.05, 0.1) is 22.8 Å². The Morgan fingerprint density at radius 3 is 2.50 bits per heavy atom. The van der Waals surface area contributed by atoms with Crippen molar-refractivity contribution in [3.8, 4) is 11.3 Å². The highest BCUT2D eigenvalue weighted by atomic mass is 16.2. The van der Waals surface area contributed by atoms with Crippen LogP contribution in [0.1, 0.15) is 25.7 Å². The summed E-state index contributed by atoms with van der Waals surface area (Å²) >= 11 is 0. The van der Waals surface area contributed by atoms with Gasteiger partial charge in [-0.15, -0.1) is 0 Å². The minimum absolute atomic E-state index is 0.106. The maximum Gasteiger partial charge on any atom is 0.267 e. The molecule has 0 saturated heterocycles. The van der Waals surface area contributed by atoms with Crippen LogP contribution in [0, 0.1) is 5.92 Å². The van der Waals surface area contributed by atoms with E-state index in [4.69, 9.17) is 0 Å². The largest absolute Gasteiger partial charge is 0.344 e. The van der Waals surface area contributed by atoms with Gasteiger partial charge in [-0.2, -0.15) is 5.10 Å². The van der Waals surface area contributed by atoms with Crippen molar-refractivity contribution >= 4 is 16.9 Å². The van der Waals surface area contributed by atoms with Gasteiger partial charge in [-0.1, -0.05) is 56.3 Å². The van der Waals surface area contributed by atoms with Crippen molar-refractivity contribution in [1.82, 2.24) is 25.1 Å². The molecule has 4 aromatic rings. The lowest BCUT2D eigenvalue weighted by molar-refractivity contribution is -0.123. The van der Waals surface area contributed by atoms with Gasteiger partial charge >= 0.3 is 0 Å². The van der Waals surface area contributed by atoms with Crippen LogP contribution >= 0.6 is 0 Å². The van der Waals surface area contributed by atoms with Gasteiger partial charge in [0.1, 0.15) is 12.4 Å². The van der Waals surface area contributed by atoms with Crippen LogP contribution in [0.5, 0.6) is 0 Å². The van der Waals surface area contributed by atoms with E-state index in [1.807, 2.05) is 68.4 Å². The number of fused-ring (bicyclic) bond motifs is 1. The van der Waals surface area contributed by atoms with Crippen molar-refractivity contribution in [2.24, 2.45) is 5.92 Å². The van der Waals surface area contributed by atoms with E-state index in [-0.39, 0.29) is 30.0 Å². The summed E-state index contributed by atoms with van der Waals surface area (Å²) in [5.74, 6) is 0.502. The molecule has 4 rings (SSSR count). The van der Waals surface area contributed by atoms with Crippen LogP contribution in [0.25, 0.3) is 22.3 Å². The monoisotopic (exact) mass is 401 g/mol. The molecule has 2 aromatic heterocycles. The molecule has 0 saturated carbocycles. The lowest BCUT2D eigenvalue weighted by atomic mass is 10.0. The number of para-hydroxylation sites is 2. The fourth-order valence-corrected chi connectivity index (χ4v) is 3.35. The van der Waals surface area contributed by atoms with Crippen molar-refractivity contribution in [3.05, 3.63) is 82.9 Å². The second-order valence-corrected chi connectivity index (χ2v) is 7.51. The molecule has 1 atom stereocenters. The minimum Gasteiger partial charge on any atom is -0.344 e. The molecule has 0 fully saturated rings. The van der Waals surface area contributed by atoms with Gasteiger partial charge in [-0.25, -0.2) is 9.67 Å². The molecule has 0 radical (unpaired) electrons. The lowest BCUT2D eigenvalue weighted by Gasteiger charge is -2.20. The molecule has 0 aliphatic rings. The number of hydrogen-bond donors (Lipinski definition) is 2. The second kappa shape index (κ2) is 8.32. The van der Waals surface area contributed by atoms with Crippen LogP contribution in [0.15, 0.2) is 71.5 Å². The molecular weight excluding hydrogens is 378 g/mol. The molecule has 7 nitrogen and oxygen atoms in total. The number of carbonyl (C=O) groups is 1. The van der Waals surface area contributed by atoms with E-state index in [1.54, 1.807) is 6.07 Å². The SMILES string of the molecule is CC(C)[C@H](NC(=O)Cn1nc(-c2ccccc2)ccc1=O)c1nc2ccccc2[nH]1. The Bertz CT molecular complexity index is 1190. The Labute approximate surface area is 173 Å². The Hall–Kier alpha value is -3.74. The molecule has 7 heteroatoms. The lowest BCUT2D eigenvalue weighted by Crippen LogP contribution is -2.37. The van der Waals surface area contributed by atoms with Crippen LogP contribution in [0.4, 0.5) is 0 Å². The quantitative estimate of drug-likeness (QED) is 0.518. The van der Waals surface area contributed by atoms with Crippen molar-refractivity contribution < 1.29 is 4.79 Å². The van der Waals surface area contributed by atoms with Gasteiger partial charge in [-0.05, 0) is 24.1 Å². The molecule has 1 amide bonds. The number of rotatable bonds is 6. The summed E-state index contributed by atoms with van der Waals surface area (Å²) in [4.78, 5) is 32.9. The summed E-state index contributed by atoms with van der Waals surface area (Å²) in [5.41, 5.74) is 2.96. The van der Waals surface area contributed by atoms with E-state index >= 15 is 0 Å². The molecule has 2 N–H and O–H groups in total. The zero-order chi connectivity index (χ0) is 21.1. The average molecular weight is 401 g/mol. The Morgan fingerprint density at radius 2 is 1.77 bits per heavy atom. The number of benzene rings is 2. The molecule has 0 aliphatic heterocycles. The third-order valence-electron chi connectivity index (χ3n) is 4.91. The zero-order valence-electron chi connectivity index (χ0n) is 16.9. The molecule has 0 bridgehead atoms. The van der Waals surface area contributed by atoms with Crippen LogP contribution in [-0.2, 0) is 11.3 Å². The van der Waals surface area contributed by atoms with E-state index in [0.29, 0.717) is 11.5 Å². The second-order valence-electron chi connectivity index (χ2n) is 7.51. The molecule has 152 valence electrons. The predicted octanol–water partition coefficient (Wildman–Crippen LogP) is 3.30. The minimum atomic E-state index is -0.324. The van der Waals surface area contributed by atoms with Crippen molar-refractivity contribution in [2.45, 2.75) is 26.4 Å². The topological polar surface area (TPSA) is 92.7 Å². The van der Waals surface area contributed by atoms with Gasteiger partial charge in [0.2, 0.25) is 5.91 Å². The molecular formula is C23H23N5O2. The van der Waals surface area contributed by atoms with Crippen molar-refractivity contribution in [3.63, 3.8) is 0 Å². The van der Waals surface area contributed by atoms with Gasteiger partial charge in [0.25, 0.3) is 5.56 Å². The highest BCUT2D eigenvalue weighted by Crippen LogP contribution is 2.22. The van der Waals surface area contributed by atoms with Gasteiger partial charge in [-0.3, -0.25) is 9.59 Å². The molecule has 0 aliphatic carbocycles. The summed E-state index contributed by atoms with van der Waals surface area (Å²) in [5, 5.41) is 7.36. The fraction of sp³-hybridized carbons (Fsp3) is 0.217. The summed E-state index contributed by atoms with van der Waals surface area (Å²) < 4.78 is 1.19. The first-order valence-electron chi connectivity index (χ1n) is 9.89. The number of aromatic amines is 1. The predicted molar refractivity (Wildman–Crippen MR) is 116 cm³/mol. The summed E-state index contributed by atoms with van der Waals surface area (Å²) in [6.07, 6.45) is 0. The Balaban J connectivity index is 1.55. The Kier molecular flexibility index (Phi) is 5.43. The summed E-state index contributed by atoms with van der Waals surface area (Å²) in [7, 11) is 0. The number of carbonyl (C=O) groups excluding carboxylic acids is 1. The third-order valence-corrected chi connectivity index (χ3v) is 4.91. The third kappa shape index (κ3) is 4.15. The van der Waals surface area contributed by atoms with Gasteiger partial charge in [0, 0.05) is 11.6 Å². The van der Waals surface area contributed by atoms with Gasteiger partial charge in [0.15, 0.2) is 0 Å². The van der Waals surface area contributed by atoms with Crippen LogP contribution in [0.2, 0.25) is 0 Å². The highest BCUT2D eigenvalue weighted by Gasteiger charge is 2.22. The van der Waals surface area contributed by atoms with Gasteiger partial charge < -0.3 is 10.3 Å². The average Bonchev–Trinajstić information content (AvgIpc) is 3.18. The number of amides is 1. The number of H-pyrrole nitrogens is 1. The molecule has 0 unspecified atom stereocenters. The number of hydrogen-bond acceptors (Lipinski definition) is 4. The summed E-state index contributed by atoms with van der Waals surface area (Å²) in [6.45, 7) is 3.86. The van der Waals surface area contributed by atoms with E-state index in [0.717, 1.165) is 16.6 Å². The first-order chi connectivity index (χ1) is 14.5. The Morgan fingerprint density at radius 1 is 1.03 bits per heavy atom. The fourth-order valence-electron chi connectivity index (χ4n) is 3.35. The number of nitrogens with zero attached hydrogens (tertiary/aromatic N) is 3. The zero-order valence-corrected chi connectivity index (χ0v) is 16.9. The first-order valence-corrected chi connectivity index (χ1v) is 9.89. The molecule has 2 aromatic carbocycles. The van der Waals surface area contributed by atoms with Crippen LogP contribution in [0.3, 0.4) is 0 Å². The summed E-state index contributed by atoms with van der Waals surface area (Å²) in [6, 6.07) is 20.1. The molecule has 30 heavy (non-hydrogen) atoms. The molecule has 2 heterocycles. The number of imidazole rings is 1. The van der Waals surface area contributed by atoms with Crippen molar-refractivity contribution in [1.29, 1.82) is 0 Å². The first kappa shape index (κ1) is 19.6. The number of aromatic nitrogens is 4. The molecule has 0 spiro atoms. The van der Waals surface area contributed by atoms with E-state index in [2.05, 4.69) is 20.4 Å². The maximum atomic E-state index is 12.8. The van der Waals surface area contributed by atoms with E-state index in [1.165, 1.54) is 10.7 Å². The number of nitrogens with one attached hydrogen (secondary N) is 2. The highest BCUT2D eigenvalue weighted by molar-refractivity contribution is 5.77. The van der Waals surface area contributed by atoms with Crippen molar-refractivity contribution in [2.75, 3.05) is 0 Å².